The maximum atomic E-state index is 12.6. The van der Waals surface area contributed by atoms with Gasteiger partial charge in [-0.15, -0.1) is 12.4 Å². The van der Waals surface area contributed by atoms with Gasteiger partial charge in [0.2, 0.25) is 10.0 Å². The number of halogens is 1. The normalized spacial score (nSPS) is 20.6. The van der Waals surface area contributed by atoms with Gasteiger partial charge in [0.15, 0.2) is 0 Å². The average molecular weight is 323 g/mol. The zero-order valence-electron chi connectivity index (χ0n) is 12.2. The number of hydrogen-bond acceptors (Lipinski definition) is 4. The molecule has 0 bridgehead atoms. The monoisotopic (exact) mass is 322 g/mol. The molecular formula is C12H23ClN4O2S. The summed E-state index contributed by atoms with van der Waals surface area (Å²) in [5, 5.41) is 7.16. The lowest BCUT2D eigenvalue weighted by Gasteiger charge is -2.31. The Bertz CT molecular complexity index is 542. The fourth-order valence-corrected chi connectivity index (χ4v) is 4.31. The first-order valence-corrected chi connectivity index (χ1v) is 8.04. The topological polar surface area (TPSA) is 67.2 Å². The Morgan fingerprint density at radius 3 is 2.75 bits per heavy atom. The third-order valence-electron chi connectivity index (χ3n) is 3.78. The Hall–Kier alpha value is -0.630. The van der Waals surface area contributed by atoms with Crippen LogP contribution in [0.1, 0.15) is 18.5 Å². The molecule has 20 heavy (non-hydrogen) atoms. The van der Waals surface area contributed by atoms with E-state index < -0.39 is 10.0 Å². The van der Waals surface area contributed by atoms with E-state index in [2.05, 4.69) is 10.4 Å². The lowest BCUT2D eigenvalue weighted by atomic mass is 10.00. The van der Waals surface area contributed by atoms with Crippen molar-refractivity contribution < 1.29 is 8.42 Å². The zero-order chi connectivity index (χ0) is 14.0. The molecule has 1 N–H and O–H groups in total. The van der Waals surface area contributed by atoms with Crippen LogP contribution in [0.5, 0.6) is 0 Å². The molecule has 2 heterocycles. The van der Waals surface area contributed by atoms with Gasteiger partial charge in [0, 0.05) is 20.1 Å². The quantitative estimate of drug-likeness (QED) is 0.889. The standard InChI is InChI=1S/C12H22N4O2S.ClH/c1-10-12(8-14-15(10)3)19(17,18)16-6-4-5-11(9-16)7-13-2;/h8,11,13H,4-7,9H2,1-3H3;1H. The highest BCUT2D eigenvalue weighted by Gasteiger charge is 2.32. The van der Waals surface area contributed by atoms with Crippen molar-refractivity contribution in [3.05, 3.63) is 11.9 Å². The third-order valence-corrected chi connectivity index (χ3v) is 5.75. The van der Waals surface area contributed by atoms with E-state index in [1.54, 1.807) is 23.0 Å². The molecule has 116 valence electrons. The lowest BCUT2D eigenvalue weighted by Crippen LogP contribution is -2.42. The summed E-state index contributed by atoms with van der Waals surface area (Å²) in [5.74, 6) is 0.394. The molecule has 0 aliphatic carbocycles. The van der Waals surface area contributed by atoms with Crippen molar-refractivity contribution >= 4 is 22.4 Å². The Labute approximate surface area is 127 Å². The van der Waals surface area contributed by atoms with E-state index in [1.807, 2.05) is 7.05 Å². The number of sulfonamides is 1. The molecule has 1 saturated heterocycles. The summed E-state index contributed by atoms with van der Waals surface area (Å²) in [6, 6.07) is 0. The molecule has 0 amide bonds. The van der Waals surface area contributed by atoms with E-state index in [-0.39, 0.29) is 12.4 Å². The molecule has 0 aromatic carbocycles. The predicted octanol–water partition coefficient (Wildman–Crippen LogP) is 0.770. The summed E-state index contributed by atoms with van der Waals surface area (Å²) >= 11 is 0. The third kappa shape index (κ3) is 3.33. The first-order chi connectivity index (χ1) is 8.96. The van der Waals surface area contributed by atoms with Crippen LogP contribution in [0.4, 0.5) is 0 Å². The predicted molar refractivity (Wildman–Crippen MR) is 80.6 cm³/mol. The highest BCUT2D eigenvalue weighted by molar-refractivity contribution is 7.89. The van der Waals surface area contributed by atoms with Crippen LogP contribution in [-0.2, 0) is 17.1 Å². The van der Waals surface area contributed by atoms with Crippen LogP contribution in [0.3, 0.4) is 0 Å². The van der Waals surface area contributed by atoms with E-state index in [4.69, 9.17) is 0 Å². The number of nitrogens with zero attached hydrogens (tertiary/aromatic N) is 3. The minimum absolute atomic E-state index is 0. The Morgan fingerprint density at radius 2 is 2.20 bits per heavy atom. The summed E-state index contributed by atoms with van der Waals surface area (Å²) in [5.41, 5.74) is 0.690. The van der Waals surface area contributed by atoms with E-state index in [9.17, 15) is 8.42 Å². The fourth-order valence-electron chi connectivity index (χ4n) is 2.57. The Morgan fingerprint density at radius 1 is 1.50 bits per heavy atom. The molecule has 8 heteroatoms. The van der Waals surface area contributed by atoms with Gasteiger partial charge in [-0.3, -0.25) is 4.68 Å². The number of nitrogens with one attached hydrogen (secondary N) is 1. The number of hydrogen-bond donors (Lipinski definition) is 1. The molecule has 2 rings (SSSR count). The van der Waals surface area contributed by atoms with Crippen molar-refractivity contribution in [2.24, 2.45) is 13.0 Å². The summed E-state index contributed by atoms with van der Waals surface area (Å²) in [6.07, 6.45) is 3.45. The van der Waals surface area contributed by atoms with E-state index in [0.717, 1.165) is 19.4 Å². The smallest absolute Gasteiger partial charge is 0.246 e. The molecule has 0 radical (unpaired) electrons. The van der Waals surface area contributed by atoms with Gasteiger partial charge >= 0.3 is 0 Å². The summed E-state index contributed by atoms with van der Waals surface area (Å²) in [6.45, 7) is 3.85. The van der Waals surface area contributed by atoms with Crippen LogP contribution in [0.25, 0.3) is 0 Å². The molecule has 1 aliphatic rings. The second-order valence-corrected chi connectivity index (χ2v) is 7.05. The molecule has 1 aromatic heterocycles. The highest BCUT2D eigenvalue weighted by Crippen LogP contribution is 2.24. The molecule has 6 nitrogen and oxygen atoms in total. The van der Waals surface area contributed by atoms with Gasteiger partial charge in [-0.05, 0) is 39.3 Å². The van der Waals surface area contributed by atoms with Crippen molar-refractivity contribution in [2.75, 3.05) is 26.7 Å². The highest BCUT2D eigenvalue weighted by atomic mass is 35.5. The first kappa shape index (κ1) is 17.4. The summed E-state index contributed by atoms with van der Waals surface area (Å²) in [7, 11) is 0.259. The first-order valence-electron chi connectivity index (χ1n) is 6.60. The second-order valence-electron chi connectivity index (χ2n) is 5.15. The molecule has 1 aromatic rings. The largest absolute Gasteiger partial charge is 0.319 e. The second kappa shape index (κ2) is 6.89. The van der Waals surface area contributed by atoms with Crippen LogP contribution in [0, 0.1) is 12.8 Å². The van der Waals surface area contributed by atoms with Crippen molar-refractivity contribution in [1.29, 1.82) is 0 Å². The number of rotatable bonds is 4. The SMILES string of the molecule is CNCC1CCCN(S(=O)(=O)c2cnn(C)c2C)C1.Cl. The van der Waals surface area contributed by atoms with Crippen LogP contribution < -0.4 is 5.32 Å². The van der Waals surface area contributed by atoms with Crippen molar-refractivity contribution in [3.63, 3.8) is 0 Å². The Kier molecular flexibility index (Phi) is 6.00. The number of piperidine rings is 1. The molecule has 1 unspecified atom stereocenters. The van der Waals surface area contributed by atoms with Gasteiger partial charge in [0.1, 0.15) is 4.90 Å². The molecule has 1 fully saturated rings. The van der Waals surface area contributed by atoms with Gasteiger partial charge in [-0.2, -0.15) is 9.40 Å². The molecular weight excluding hydrogens is 300 g/mol. The molecule has 1 aliphatic heterocycles. The minimum Gasteiger partial charge on any atom is -0.319 e. The number of aryl methyl sites for hydroxylation is 1. The maximum Gasteiger partial charge on any atom is 0.246 e. The zero-order valence-corrected chi connectivity index (χ0v) is 13.8. The summed E-state index contributed by atoms with van der Waals surface area (Å²) < 4.78 is 28.4. The van der Waals surface area contributed by atoms with Gasteiger partial charge < -0.3 is 5.32 Å². The minimum atomic E-state index is -3.40. The molecule has 0 saturated carbocycles. The van der Waals surface area contributed by atoms with E-state index >= 15 is 0 Å². The molecule has 1 atom stereocenters. The summed E-state index contributed by atoms with van der Waals surface area (Å²) in [4.78, 5) is 0.333. The van der Waals surface area contributed by atoms with Crippen molar-refractivity contribution in [1.82, 2.24) is 19.4 Å². The average Bonchev–Trinajstić information content (AvgIpc) is 2.71. The fraction of sp³-hybridized carbons (Fsp3) is 0.750. The van der Waals surface area contributed by atoms with Crippen molar-refractivity contribution in [2.45, 2.75) is 24.7 Å². The van der Waals surface area contributed by atoms with Gasteiger partial charge in [0.25, 0.3) is 0 Å². The van der Waals surface area contributed by atoms with Crippen LogP contribution in [0.2, 0.25) is 0 Å². The van der Waals surface area contributed by atoms with E-state index in [0.29, 0.717) is 29.6 Å². The maximum absolute atomic E-state index is 12.6. The lowest BCUT2D eigenvalue weighted by molar-refractivity contribution is 0.263. The number of aromatic nitrogens is 2. The van der Waals surface area contributed by atoms with Crippen LogP contribution >= 0.6 is 12.4 Å². The van der Waals surface area contributed by atoms with Gasteiger partial charge in [-0.25, -0.2) is 8.42 Å². The van der Waals surface area contributed by atoms with Gasteiger partial charge in [0.05, 0.1) is 11.9 Å². The van der Waals surface area contributed by atoms with Crippen LogP contribution in [0.15, 0.2) is 11.1 Å². The van der Waals surface area contributed by atoms with Gasteiger partial charge in [-0.1, -0.05) is 0 Å². The Balaban J connectivity index is 0.00000200. The van der Waals surface area contributed by atoms with Crippen LogP contribution in [-0.4, -0.2) is 49.2 Å². The van der Waals surface area contributed by atoms with E-state index in [1.165, 1.54) is 6.20 Å². The van der Waals surface area contributed by atoms with Crippen molar-refractivity contribution in [3.8, 4) is 0 Å². The molecule has 0 spiro atoms.